The molecule has 1 aromatic heterocycles. The van der Waals surface area contributed by atoms with Crippen molar-refractivity contribution < 1.29 is 4.74 Å². The van der Waals surface area contributed by atoms with Gasteiger partial charge in [0.15, 0.2) is 0 Å². The highest BCUT2D eigenvalue weighted by atomic mass is 32.1. The molecule has 0 saturated carbocycles. The van der Waals surface area contributed by atoms with Crippen molar-refractivity contribution in [3.8, 4) is 0 Å². The van der Waals surface area contributed by atoms with Crippen molar-refractivity contribution in [2.24, 2.45) is 23.7 Å². The summed E-state index contributed by atoms with van der Waals surface area (Å²) in [5.74, 6) is 2.94. The van der Waals surface area contributed by atoms with Gasteiger partial charge in [-0.15, -0.1) is 11.3 Å². The first-order chi connectivity index (χ1) is 26.3. The average Bonchev–Trinajstić information content (AvgIpc) is 3.79. The van der Waals surface area contributed by atoms with Gasteiger partial charge in [-0.25, -0.2) is 0 Å². The first kappa shape index (κ1) is 31.9. The predicted octanol–water partition coefficient (Wildman–Crippen LogP) is 10.4. The van der Waals surface area contributed by atoms with Crippen LogP contribution >= 0.6 is 11.3 Å². The van der Waals surface area contributed by atoms with Gasteiger partial charge in [-0.2, -0.15) is 0 Å². The van der Waals surface area contributed by atoms with Crippen molar-refractivity contribution in [3.05, 3.63) is 175 Å². The molecule has 2 heterocycles. The maximum absolute atomic E-state index is 6.74. The summed E-state index contributed by atoms with van der Waals surface area (Å²) >= 11 is 2.07. The fourth-order valence-corrected chi connectivity index (χ4v) is 12.0. The Balaban J connectivity index is 0.930. The zero-order valence-electron chi connectivity index (χ0n) is 30.4. The van der Waals surface area contributed by atoms with Gasteiger partial charge in [0.25, 0.3) is 0 Å². The van der Waals surface area contributed by atoms with Crippen molar-refractivity contribution in [2.45, 2.75) is 76.4 Å². The number of nitrogens with zero attached hydrogens (tertiary/aromatic N) is 1. The van der Waals surface area contributed by atoms with Gasteiger partial charge in [0.2, 0.25) is 0 Å². The van der Waals surface area contributed by atoms with Crippen LogP contribution in [0.4, 0.5) is 0 Å². The average molecular weight is 710 g/mol. The van der Waals surface area contributed by atoms with Crippen LogP contribution in [-0.4, -0.2) is 17.0 Å². The lowest BCUT2D eigenvalue weighted by molar-refractivity contribution is 0.167. The highest BCUT2D eigenvalue weighted by molar-refractivity contribution is 7.12. The standard InChI is InChI=1S/C50H47NOS/c1-2-11-33(12-3-1)39-18-10-19-44-45-29-34(23-28-47(45)52-50(39)44)32-21-24-36(25-22-32)51(37-26-27-43-42-17-8-9-20-48(42)53-49(43)31-37)46-30-35-13-4-5-14-38(35)40-15-6-7-16-41(40)46/h1-3,5-8,11,14-18,21,23-29,32-33,35,37,45,47H,4,9-10,12-13,19-20,22,30-31H2. The van der Waals surface area contributed by atoms with Gasteiger partial charge in [-0.05, 0) is 114 Å². The van der Waals surface area contributed by atoms with Crippen LogP contribution in [0.2, 0.25) is 0 Å². The van der Waals surface area contributed by atoms with Crippen LogP contribution in [0.5, 0.6) is 0 Å². The first-order valence-corrected chi connectivity index (χ1v) is 21.1. The van der Waals surface area contributed by atoms with Gasteiger partial charge >= 0.3 is 0 Å². The Morgan fingerprint density at radius 1 is 0.717 bits per heavy atom. The van der Waals surface area contributed by atoms with Crippen molar-refractivity contribution in [1.82, 2.24) is 4.90 Å². The van der Waals surface area contributed by atoms with Crippen molar-refractivity contribution in [2.75, 3.05) is 0 Å². The summed E-state index contributed by atoms with van der Waals surface area (Å²) in [7, 11) is 0. The highest BCUT2D eigenvalue weighted by Crippen LogP contribution is 2.48. The van der Waals surface area contributed by atoms with Crippen molar-refractivity contribution in [1.29, 1.82) is 0 Å². The van der Waals surface area contributed by atoms with E-state index in [0.29, 0.717) is 29.7 Å². The zero-order chi connectivity index (χ0) is 34.9. The lowest BCUT2D eigenvalue weighted by atomic mass is 9.78. The molecule has 3 heteroatoms. The van der Waals surface area contributed by atoms with E-state index in [1.807, 2.05) is 0 Å². The molecule has 0 bridgehead atoms. The minimum atomic E-state index is 0.128. The van der Waals surface area contributed by atoms with Crippen LogP contribution in [0.15, 0.2) is 144 Å². The maximum Gasteiger partial charge on any atom is 0.127 e. The molecule has 53 heavy (non-hydrogen) atoms. The summed E-state index contributed by atoms with van der Waals surface area (Å²) in [6.07, 6.45) is 52.2. The minimum Gasteiger partial charge on any atom is -0.485 e. The molecule has 2 nitrogen and oxygen atoms in total. The molecule has 264 valence electrons. The van der Waals surface area contributed by atoms with Crippen LogP contribution in [0.25, 0.3) is 23.4 Å². The molecule has 11 rings (SSSR count). The first-order valence-electron chi connectivity index (χ1n) is 20.3. The molecule has 0 radical (unpaired) electrons. The molecule has 1 aromatic carbocycles. The number of rotatable bonds is 5. The van der Waals surface area contributed by atoms with Gasteiger partial charge < -0.3 is 9.64 Å². The van der Waals surface area contributed by atoms with E-state index >= 15 is 0 Å². The van der Waals surface area contributed by atoms with Gasteiger partial charge in [0, 0.05) is 50.5 Å². The Labute approximate surface area is 318 Å². The monoisotopic (exact) mass is 709 g/mol. The number of hydrogen-bond donors (Lipinski definition) is 0. The van der Waals surface area contributed by atoms with Crippen LogP contribution in [0, 0.1) is 23.7 Å². The van der Waals surface area contributed by atoms with E-state index in [4.69, 9.17) is 4.74 Å². The van der Waals surface area contributed by atoms with Gasteiger partial charge in [-0.1, -0.05) is 115 Å². The second-order valence-electron chi connectivity index (χ2n) is 16.2. The third kappa shape index (κ3) is 5.41. The predicted molar refractivity (Wildman–Crippen MR) is 221 cm³/mol. The van der Waals surface area contributed by atoms with E-state index in [9.17, 15) is 0 Å². The lowest BCUT2D eigenvalue weighted by Gasteiger charge is -2.40. The molecule has 6 atom stereocenters. The second-order valence-corrected chi connectivity index (χ2v) is 17.4. The fraction of sp³-hybridized carbons (Fsp3) is 0.320. The summed E-state index contributed by atoms with van der Waals surface area (Å²) in [5, 5.41) is 2.86. The van der Waals surface area contributed by atoms with E-state index in [0.717, 1.165) is 38.5 Å². The molecule has 8 aliphatic carbocycles. The molecule has 6 unspecified atom stereocenters. The molecule has 0 N–H and O–H groups in total. The lowest BCUT2D eigenvalue weighted by Crippen LogP contribution is -2.44. The molecule has 2 aromatic rings. The SMILES string of the molecule is C1=CCC(C2=CCCC3=C2OC2C=CC(C4C=CC(N(C5=c6ccccc6=C6C=CCCC6C5)C5C=Cc6c(sc7c6C=CCC7)C5)=CC4)=CC32)C=C1. The topological polar surface area (TPSA) is 12.5 Å². The highest BCUT2D eigenvalue weighted by Gasteiger charge is 2.40. The van der Waals surface area contributed by atoms with Gasteiger partial charge in [-0.3, -0.25) is 0 Å². The maximum atomic E-state index is 6.74. The third-order valence-electron chi connectivity index (χ3n) is 13.2. The van der Waals surface area contributed by atoms with Gasteiger partial charge in [0.05, 0.1) is 6.04 Å². The molecular weight excluding hydrogens is 663 g/mol. The number of benzene rings is 1. The Kier molecular flexibility index (Phi) is 7.86. The molecule has 0 saturated heterocycles. The summed E-state index contributed by atoms with van der Waals surface area (Å²) in [6, 6.07) is 9.53. The molecule has 0 spiro atoms. The minimum absolute atomic E-state index is 0.128. The van der Waals surface area contributed by atoms with E-state index in [2.05, 4.69) is 144 Å². The number of ether oxygens (including phenoxy) is 1. The van der Waals surface area contributed by atoms with Crippen LogP contribution in [0.1, 0.15) is 72.2 Å². The second kappa shape index (κ2) is 13.1. The number of aryl methyl sites for hydroxylation is 1. The molecular formula is C50H47NOS. The van der Waals surface area contributed by atoms with Gasteiger partial charge in [0.1, 0.15) is 11.9 Å². The van der Waals surface area contributed by atoms with E-state index in [1.54, 1.807) is 15.3 Å². The summed E-state index contributed by atoms with van der Waals surface area (Å²) in [6.45, 7) is 0. The van der Waals surface area contributed by atoms with Crippen LogP contribution in [-0.2, 0) is 17.6 Å². The zero-order valence-corrected chi connectivity index (χ0v) is 31.2. The van der Waals surface area contributed by atoms with Crippen molar-refractivity contribution in [3.63, 3.8) is 0 Å². The molecule has 1 aliphatic heterocycles. The Hall–Kier alpha value is -4.60. The van der Waals surface area contributed by atoms with Crippen LogP contribution < -0.4 is 10.4 Å². The van der Waals surface area contributed by atoms with Crippen molar-refractivity contribution >= 4 is 34.8 Å². The normalized spacial score (nSPS) is 30.1. The summed E-state index contributed by atoms with van der Waals surface area (Å²) in [5.41, 5.74) is 11.7. The Bertz CT molecular complexity index is 2370. The number of fused-ring (bicyclic) bond motifs is 7. The molecule has 9 aliphatic rings. The summed E-state index contributed by atoms with van der Waals surface area (Å²) in [4.78, 5) is 5.90. The van der Waals surface area contributed by atoms with E-state index in [1.165, 1.54) is 81.1 Å². The number of allylic oxidation sites excluding steroid dienone is 14. The summed E-state index contributed by atoms with van der Waals surface area (Å²) < 4.78 is 6.74. The smallest absolute Gasteiger partial charge is 0.127 e. The third-order valence-corrected chi connectivity index (χ3v) is 14.5. The van der Waals surface area contributed by atoms with E-state index < -0.39 is 0 Å². The fourth-order valence-electron chi connectivity index (χ4n) is 10.6. The molecule has 0 amide bonds. The van der Waals surface area contributed by atoms with E-state index in [-0.39, 0.29) is 6.10 Å². The molecule has 0 fully saturated rings. The Morgan fingerprint density at radius 3 is 2.55 bits per heavy atom. The number of hydrogen-bond acceptors (Lipinski definition) is 3. The largest absolute Gasteiger partial charge is 0.485 e. The number of thiophene rings is 1. The van der Waals surface area contributed by atoms with Crippen LogP contribution in [0.3, 0.4) is 0 Å². The Morgan fingerprint density at radius 2 is 1.64 bits per heavy atom. The quantitative estimate of drug-likeness (QED) is 0.307.